The molecular formula is C27H35N5O4. The highest BCUT2D eigenvalue weighted by molar-refractivity contribution is 5.47. The van der Waals surface area contributed by atoms with Crippen LogP contribution in [0.2, 0.25) is 0 Å². The van der Waals surface area contributed by atoms with Crippen LogP contribution in [-0.4, -0.2) is 63.8 Å². The van der Waals surface area contributed by atoms with Crippen LogP contribution in [0.3, 0.4) is 0 Å². The molecule has 0 aliphatic carbocycles. The Morgan fingerprint density at radius 3 is 2.78 bits per heavy atom. The molecule has 1 aliphatic heterocycles. The molecule has 0 spiro atoms. The Kier molecular flexibility index (Phi) is 8.69. The van der Waals surface area contributed by atoms with Gasteiger partial charge in [0.2, 0.25) is 0 Å². The number of aromatic nitrogens is 4. The topological polar surface area (TPSA) is 116 Å². The second-order valence-electron chi connectivity index (χ2n) is 9.48. The number of morpholine rings is 1. The van der Waals surface area contributed by atoms with Gasteiger partial charge in [-0.05, 0) is 30.5 Å². The van der Waals surface area contributed by atoms with Crippen molar-refractivity contribution in [2.75, 3.05) is 32.8 Å². The van der Waals surface area contributed by atoms with Gasteiger partial charge in [-0.25, -0.2) is 4.98 Å². The van der Waals surface area contributed by atoms with Crippen molar-refractivity contribution in [3.63, 3.8) is 0 Å². The molecule has 0 amide bonds. The maximum absolute atomic E-state index is 12.2. The number of nitrogens with one attached hydrogen (secondary N) is 3. The number of benzene rings is 1. The average Bonchev–Trinajstić information content (AvgIpc) is 3.26. The molecule has 3 aromatic rings. The van der Waals surface area contributed by atoms with Gasteiger partial charge in [0.05, 0.1) is 37.0 Å². The number of aromatic amines is 3. The van der Waals surface area contributed by atoms with Crippen LogP contribution in [-0.2, 0) is 22.5 Å². The Bertz CT molecular complexity index is 1360. The van der Waals surface area contributed by atoms with E-state index in [0.29, 0.717) is 25.5 Å². The van der Waals surface area contributed by atoms with Gasteiger partial charge in [-0.2, -0.15) is 0 Å². The summed E-state index contributed by atoms with van der Waals surface area (Å²) < 4.78 is 11.8. The van der Waals surface area contributed by atoms with Gasteiger partial charge in [0.1, 0.15) is 11.2 Å². The molecule has 0 saturated carbocycles. The lowest BCUT2D eigenvalue weighted by Gasteiger charge is -2.32. The zero-order chi connectivity index (χ0) is 25.5. The Hall–Kier alpha value is -3.27. The van der Waals surface area contributed by atoms with Gasteiger partial charge in [0.25, 0.3) is 11.1 Å². The Labute approximate surface area is 209 Å². The van der Waals surface area contributed by atoms with E-state index in [1.165, 1.54) is 0 Å². The van der Waals surface area contributed by atoms with Gasteiger partial charge in [-0.1, -0.05) is 50.8 Å². The second-order valence-corrected chi connectivity index (χ2v) is 9.48. The summed E-state index contributed by atoms with van der Waals surface area (Å²) in [5.74, 6) is 1.06. The first-order valence-electron chi connectivity index (χ1n) is 12.5. The summed E-state index contributed by atoms with van der Waals surface area (Å²) in [6.45, 7) is 12.2. The lowest BCUT2D eigenvalue weighted by Crippen LogP contribution is -2.46. The second kappa shape index (κ2) is 12.1. The third-order valence-corrected chi connectivity index (χ3v) is 6.23. The number of hydrogen-bond acceptors (Lipinski definition) is 6. The Morgan fingerprint density at radius 2 is 2.00 bits per heavy atom. The van der Waals surface area contributed by atoms with E-state index in [1.54, 1.807) is 6.08 Å². The lowest BCUT2D eigenvalue weighted by atomic mass is 10.1. The van der Waals surface area contributed by atoms with Crippen molar-refractivity contribution in [1.82, 2.24) is 24.8 Å². The average molecular weight is 494 g/mol. The largest absolute Gasteiger partial charge is 0.374 e. The van der Waals surface area contributed by atoms with Gasteiger partial charge in [-0.3, -0.25) is 14.5 Å². The molecule has 36 heavy (non-hydrogen) atoms. The van der Waals surface area contributed by atoms with Crippen molar-refractivity contribution >= 4 is 12.7 Å². The first-order valence-corrected chi connectivity index (χ1v) is 12.5. The van der Waals surface area contributed by atoms with E-state index in [4.69, 9.17) is 14.5 Å². The number of hydrogen-bond donors (Lipinski definition) is 3. The number of aryl methyl sites for hydroxylation is 1. The van der Waals surface area contributed by atoms with Crippen LogP contribution in [0.5, 0.6) is 0 Å². The number of nitrogens with zero attached hydrogens (tertiary/aromatic N) is 2. The highest BCUT2D eigenvalue weighted by Crippen LogP contribution is 2.18. The summed E-state index contributed by atoms with van der Waals surface area (Å²) in [5, 5.41) is 0.207. The molecule has 9 heteroatoms. The number of imidazole rings is 1. The molecule has 3 N–H and O–H groups in total. The van der Waals surface area contributed by atoms with Crippen molar-refractivity contribution in [2.45, 2.75) is 45.3 Å². The maximum Gasteiger partial charge on any atom is 0.272 e. The summed E-state index contributed by atoms with van der Waals surface area (Å²) in [6, 6.07) is 10.2. The van der Waals surface area contributed by atoms with Gasteiger partial charge in [0, 0.05) is 25.2 Å². The molecule has 4 rings (SSSR count). The number of rotatable bonds is 10. The normalized spacial score (nSPS) is 17.2. The Morgan fingerprint density at radius 1 is 1.19 bits per heavy atom. The molecule has 192 valence electrons. The van der Waals surface area contributed by atoms with Crippen LogP contribution in [0.4, 0.5) is 0 Å². The zero-order valence-corrected chi connectivity index (χ0v) is 21.0. The zero-order valence-electron chi connectivity index (χ0n) is 21.0. The molecule has 2 aromatic heterocycles. The minimum atomic E-state index is -0.419. The number of H-pyrrole nitrogens is 3. The van der Waals surface area contributed by atoms with Crippen LogP contribution in [0.1, 0.15) is 49.0 Å². The van der Waals surface area contributed by atoms with Crippen LogP contribution in [0.15, 0.2) is 39.9 Å². The molecule has 0 radical (unpaired) electrons. The first-order chi connectivity index (χ1) is 17.4. The summed E-state index contributed by atoms with van der Waals surface area (Å²) in [6.07, 6.45) is 3.42. The highest BCUT2D eigenvalue weighted by atomic mass is 16.5. The predicted molar refractivity (Wildman–Crippen MR) is 139 cm³/mol. The van der Waals surface area contributed by atoms with Crippen molar-refractivity contribution in [2.24, 2.45) is 0 Å². The first kappa shape index (κ1) is 25.8. The van der Waals surface area contributed by atoms with Crippen molar-refractivity contribution in [1.29, 1.82) is 0 Å². The number of ether oxygens (including phenoxy) is 2. The van der Waals surface area contributed by atoms with Crippen molar-refractivity contribution < 1.29 is 9.47 Å². The summed E-state index contributed by atoms with van der Waals surface area (Å²) >= 11 is 0. The molecular weight excluding hydrogens is 458 g/mol. The smallest absolute Gasteiger partial charge is 0.272 e. The highest BCUT2D eigenvalue weighted by Gasteiger charge is 2.20. The molecule has 0 bridgehead atoms. The van der Waals surface area contributed by atoms with E-state index in [-0.39, 0.29) is 22.7 Å². The SMILES string of the molecule is C=c1[nH]c(=O)c(=Cc2nc(CCCN3CCOC(COCc4ccccc4)C3)[nH]c2C(C)C)[nH]c1=O. The predicted octanol–water partition coefficient (Wildman–Crippen LogP) is 0.999. The van der Waals surface area contributed by atoms with E-state index in [9.17, 15) is 9.59 Å². The van der Waals surface area contributed by atoms with E-state index < -0.39 is 11.1 Å². The van der Waals surface area contributed by atoms with Crippen molar-refractivity contribution in [3.8, 4) is 0 Å². The van der Waals surface area contributed by atoms with Gasteiger partial charge < -0.3 is 24.4 Å². The summed E-state index contributed by atoms with van der Waals surface area (Å²) in [5.41, 5.74) is 1.95. The monoisotopic (exact) mass is 493 g/mol. The molecule has 3 heterocycles. The molecule has 1 aromatic carbocycles. The van der Waals surface area contributed by atoms with Crippen LogP contribution >= 0.6 is 0 Å². The van der Waals surface area contributed by atoms with Gasteiger partial charge in [0.15, 0.2) is 0 Å². The van der Waals surface area contributed by atoms with Gasteiger partial charge >= 0.3 is 0 Å². The molecule has 1 unspecified atom stereocenters. The molecule has 1 saturated heterocycles. The Balaban J connectivity index is 1.32. The molecule has 9 nitrogen and oxygen atoms in total. The standard InChI is InChI=1S/C27H35N5O4/c1-18(2)25-22(14-23-27(34)28-19(3)26(33)30-23)29-24(31-25)10-7-11-32-12-13-36-21(15-32)17-35-16-20-8-5-4-6-9-20/h4-6,8-9,14,18,21H,3,7,10-13,15-17H2,1-2H3,(H,28,34)(H,29,31)(H,30,33). The van der Waals surface area contributed by atoms with E-state index >= 15 is 0 Å². The third-order valence-electron chi connectivity index (χ3n) is 6.23. The fourth-order valence-corrected chi connectivity index (χ4v) is 4.31. The molecule has 1 fully saturated rings. The summed E-state index contributed by atoms with van der Waals surface area (Å²) in [7, 11) is 0. The van der Waals surface area contributed by atoms with Crippen molar-refractivity contribution in [3.05, 3.63) is 84.5 Å². The third kappa shape index (κ3) is 6.90. The summed E-state index contributed by atoms with van der Waals surface area (Å²) in [4.78, 5) is 39.7. The van der Waals surface area contributed by atoms with E-state index in [1.807, 2.05) is 18.2 Å². The molecule has 1 atom stereocenters. The lowest BCUT2D eigenvalue weighted by molar-refractivity contribution is -0.0722. The minimum absolute atomic E-state index is 0.0389. The van der Waals surface area contributed by atoms with E-state index in [2.05, 4.69) is 52.4 Å². The quantitative estimate of drug-likeness (QED) is 0.388. The fourth-order valence-electron chi connectivity index (χ4n) is 4.31. The van der Waals surface area contributed by atoms with E-state index in [0.717, 1.165) is 49.6 Å². The van der Waals surface area contributed by atoms with Crippen LogP contribution in [0, 0.1) is 0 Å². The fraction of sp³-hybridized carbons (Fsp3) is 0.444. The van der Waals surface area contributed by atoms with Crippen LogP contribution < -0.4 is 21.8 Å². The van der Waals surface area contributed by atoms with Crippen LogP contribution in [0.25, 0.3) is 12.7 Å². The minimum Gasteiger partial charge on any atom is -0.374 e. The molecule has 1 aliphatic rings. The maximum atomic E-state index is 12.2. The van der Waals surface area contributed by atoms with Gasteiger partial charge in [-0.15, -0.1) is 0 Å².